The van der Waals surface area contributed by atoms with E-state index < -0.39 is 0 Å². The van der Waals surface area contributed by atoms with E-state index in [0.717, 1.165) is 16.8 Å². The summed E-state index contributed by atoms with van der Waals surface area (Å²) in [6.45, 7) is 0. The molecule has 0 fully saturated rings. The normalized spacial score (nSPS) is 10.1. The van der Waals surface area contributed by atoms with Gasteiger partial charge in [-0.3, -0.25) is 4.98 Å². The van der Waals surface area contributed by atoms with Gasteiger partial charge in [0, 0.05) is 29.6 Å². The minimum Gasteiger partial charge on any atom is -0.356 e. The first kappa shape index (κ1) is 11.2. The van der Waals surface area contributed by atoms with E-state index in [9.17, 15) is 0 Å². The lowest BCUT2D eigenvalue weighted by Gasteiger charge is -1.94. The molecule has 90 valence electrons. The van der Waals surface area contributed by atoms with Gasteiger partial charge in [-0.15, -0.1) is 0 Å². The number of aromatic nitrogens is 2. The molecule has 2 aromatic heterocycles. The van der Waals surface area contributed by atoms with E-state index in [1.807, 2.05) is 30.3 Å². The third-order valence-electron chi connectivity index (χ3n) is 2.74. The third-order valence-corrected chi connectivity index (χ3v) is 2.74. The summed E-state index contributed by atoms with van der Waals surface area (Å²) in [5, 5.41) is 12.9. The average molecular weight is 247 g/mol. The van der Waals surface area contributed by atoms with Crippen LogP contribution in [-0.2, 0) is 0 Å². The Balaban J connectivity index is 2.00. The molecule has 0 aliphatic heterocycles. The van der Waals surface area contributed by atoms with Crippen LogP contribution in [0.5, 0.6) is 0 Å². The van der Waals surface area contributed by atoms with E-state index in [2.05, 4.69) is 16.2 Å². The second kappa shape index (κ2) is 4.75. The van der Waals surface area contributed by atoms with Crippen molar-refractivity contribution < 1.29 is 4.52 Å². The minimum absolute atomic E-state index is 0.594. The summed E-state index contributed by atoms with van der Waals surface area (Å²) in [4.78, 5) is 4.05. The van der Waals surface area contributed by atoms with Gasteiger partial charge < -0.3 is 4.52 Å². The standard InChI is InChI=1S/C15H9N3O/c16-9-11-3-1-4-12(7-11)15-8-14(18-19-15)13-5-2-6-17-10-13/h1-8,10H. The fourth-order valence-corrected chi connectivity index (χ4v) is 1.80. The fraction of sp³-hybridized carbons (Fsp3) is 0. The molecule has 0 aliphatic carbocycles. The van der Waals surface area contributed by atoms with Crippen molar-refractivity contribution >= 4 is 0 Å². The van der Waals surface area contributed by atoms with Crippen LogP contribution < -0.4 is 0 Å². The van der Waals surface area contributed by atoms with Gasteiger partial charge in [0.2, 0.25) is 0 Å². The Bertz CT molecular complexity index is 741. The topological polar surface area (TPSA) is 62.7 Å². The summed E-state index contributed by atoms with van der Waals surface area (Å²) in [7, 11) is 0. The maximum atomic E-state index is 8.89. The predicted molar refractivity (Wildman–Crippen MR) is 69.9 cm³/mol. The van der Waals surface area contributed by atoms with Crippen molar-refractivity contribution in [2.45, 2.75) is 0 Å². The summed E-state index contributed by atoms with van der Waals surface area (Å²) in [6.07, 6.45) is 3.44. The van der Waals surface area contributed by atoms with Gasteiger partial charge in [-0.2, -0.15) is 5.26 Å². The van der Waals surface area contributed by atoms with Gasteiger partial charge in [-0.05, 0) is 24.3 Å². The van der Waals surface area contributed by atoms with Crippen LogP contribution in [0.3, 0.4) is 0 Å². The molecule has 1 aromatic carbocycles. The fourth-order valence-electron chi connectivity index (χ4n) is 1.80. The molecule has 0 amide bonds. The summed E-state index contributed by atoms with van der Waals surface area (Å²) in [5.74, 6) is 0.635. The van der Waals surface area contributed by atoms with E-state index in [0.29, 0.717) is 11.3 Å². The Morgan fingerprint density at radius 3 is 2.74 bits per heavy atom. The molecule has 2 heterocycles. The van der Waals surface area contributed by atoms with Crippen LogP contribution >= 0.6 is 0 Å². The van der Waals surface area contributed by atoms with Crippen molar-refractivity contribution in [2.75, 3.05) is 0 Å². The molecule has 0 bridgehead atoms. The zero-order valence-electron chi connectivity index (χ0n) is 9.95. The number of nitriles is 1. The predicted octanol–water partition coefficient (Wildman–Crippen LogP) is 3.28. The zero-order valence-corrected chi connectivity index (χ0v) is 9.95. The highest BCUT2D eigenvalue weighted by molar-refractivity contribution is 5.66. The van der Waals surface area contributed by atoms with Crippen molar-refractivity contribution in [1.82, 2.24) is 10.1 Å². The van der Waals surface area contributed by atoms with Crippen LogP contribution in [0, 0.1) is 11.3 Å². The Hall–Kier alpha value is -2.93. The van der Waals surface area contributed by atoms with E-state index in [-0.39, 0.29) is 0 Å². The molecular formula is C15H9N3O. The van der Waals surface area contributed by atoms with Crippen LogP contribution in [0.2, 0.25) is 0 Å². The van der Waals surface area contributed by atoms with Crippen molar-refractivity contribution in [3.05, 3.63) is 60.4 Å². The molecule has 0 unspecified atom stereocenters. The monoisotopic (exact) mass is 247 g/mol. The van der Waals surface area contributed by atoms with Gasteiger partial charge >= 0.3 is 0 Å². The summed E-state index contributed by atoms with van der Waals surface area (Å²) < 4.78 is 5.32. The number of rotatable bonds is 2. The van der Waals surface area contributed by atoms with Gasteiger partial charge in [-0.25, -0.2) is 0 Å². The summed E-state index contributed by atoms with van der Waals surface area (Å²) >= 11 is 0. The minimum atomic E-state index is 0.594. The molecule has 0 atom stereocenters. The van der Waals surface area contributed by atoms with Crippen LogP contribution in [0.25, 0.3) is 22.6 Å². The molecule has 4 nitrogen and oxygen atoms in total. The van der Waals surface area contributed by atoms with Crippen molar-refractivity contribution in [1.29, 1.82) is 5.26 Å². The molecule has 4 heteroatoms. The van der Waals surface area contributed by atoms with Crippen molar-refractivity contribution in [3.63, 3.8) is 0 Å². The summed E-state index contributed by atoms with van der Waals surface area (Å²) in [5.41, 5.74) is 3.05. The molecule has 3 aromatic rings. The number of benzene rings is 1. The molecule has 0 radical (unpaired) electrons. The average Bonchev–Trinajstić information content (AvgIpc) is 2.98. The van der Waals surface area contributed by atoms with E-state index >= 15 is 0 Å². The highest BCUT2D eigenvalue weighted by atomic mass is 16.5. The first-order valence-corrected chi connectivity index (χ1v) is 5.74. The van der Waals surface area contributed by atoms with Crippen LogP contribution in [0.15, 0.2) is 59.4 Å². The molecule has 3 rings (SSSR count). The molecule has 0 spiro atoms. The number of hydrogen-bond acceptors (Lipinski definition) is 4. The van der Waals surface area contributed by atoms with Gasteiger partial charge in [-0.1, -0.05) is 17.3 Å². The Morgan fingerprint density at radius 2 is 1.95 bits per heavy atom. The third kappa shape index (κ3) is 2.22. The van der Waals surface area contributed by atoms with Crippen LogP contribution in [0.4, 0.5) is 0 Å². The molecule has 0 N–H and O–H groups in total. The van der Waals surface area contributed by atoms with Gasteiger partial charge in [0.05, 0.1) is 11.6 Å². The molecule has 19 heavy (non-hydrogen) atoms. The largest absolute Gasteiger partial charge is 0.356 e. The molecule has 0 saturated carbocycles. The second-order valence-electron chi connectivity index (χ2n) is 4.01. The maximum absolute atomic E-state index is 8.89. The smallest absolute Gasteiger partial charge is 0.167 e. The SMILES string of the molecule is N#Cc1cccc(-c2cc(-c3cccnc3)no2)c1. The molecule has 0 saturated heterocycles. The first-order chi connectivity index (χ1) is 9.36. The van der Waals surface area contributed by atoms with Crippen LogP contribution in [0.1, 0.15) is 5.56 Å². The highest BCUT2D eigenvalue weighted by Crippen LogP contribution is 2.25. The van der Waals surface area contributed by atoms with E-state index in [1.165, 1.54) is 0 Å². The van der Waals surface area contributed by atoms with Gasteiger partial charge in [0.15, 0.2) is 5.76 Å². The number of hydrogen-bond donors (Lipinski definition) is 0. The van der Waals surface area contributed by atoms with Crippen LogP contribution in [-0.4, -0.2) is 10.1 Å². The molecular weight excluding hydrogens is 238 g/mol. The number of pyridine rings is 1. The lowest BCUT2D eigenvalue weighted by Crippen LogP contribution is -1.78. The van der Waals surface area contributed by atoms with Gasteiger partial charge in [0.25, 0.3) is 0 Å². The Kier molecular flexibility index (Phi) is 2.79. The summed E-state index contributed by atoms with van der Waals surface area (Å²) in [6, 6.07) is 14.9. The lowest BCUT2D eigenvalue weighted by atomic mass is 10.1. The van der Waals surface area contributed by atoms with Gasteiger partial charge in [0.1, 0.15) is 5.69 Å². The lowest BCUT2D eigenvalue weighted by molar-refractivity contribution is 0.435. The first-order valence-electron chi connectivity index (χ1n) is 5.74. The molecule has 0 aliphatic rings. The van der Waals surface area contributed by atoms with Crippen molar-refractivity contribution in [2.24, 2.45) is 0 Å². The van der Waals surface area contributed by atoms with E-state index in [1.54, 1.807) is 24.5 Å². The quantitative estimate of drug-likeness (QED) is 0.697. The Morgan fingerprint density at radius 1 is 1.05 bits per heavy atom. The highest BCUT2D eigenvalue weighted by Gasteiger charge is 2.08. The van der Waals surface area contributed by atoms with Crippen molar-refractivity contribution in [3.8, 4) is 28.7 Å². The zero-order chi connectivity index (χ0) is 13.1. The Labute approximate surface area is 109 Å². The maximum Gasteiger partial charge on any atom is 0.167 e. The second-order valence-corrected chi connectivity index (χ2v) is 4.01. The van der Waals surface area contributed by atoms with E-state index in [4.69, 9.17) is 9.78 Å². The number of nitrogens with zero attached hydrogens (tertiary/aromatic N) is 3.